The Morgan fingerprint density at radius 1 is 1.43 bits per heavy atom. The molecule has 0 N–H and O–H groups in total. The molecule has 0 saturated heterocycles. The lowest BCUT2D eigenvalue weighted by atomic mass is 9.89. The van der Waals surface area contributed by atoms with Gasteiger partial charge in [0.2, 0.25) is 5.92 Å². The Morgan fingerprint density at radius 3 is 2.70 bits per heavy atom. The van der Waals surface area contributed by atoms with Crippen LogP contribution in [0.15, 0.2) is 6.20 Å². The van der Waals surface area contributed by atoms with E-state index in [-0.39, 0.29) is 24.8 Å². The summed E-state index contributed by atoms with van der Waals surface area (Å²) in [7, 11) is 1.69. The van der Waals surface area contributed by atoms with Gasteiger partial charge in [0.05, 0.1) is 6.20 Å². The van der Waals surface area contributed by atoms with Gasteiger partial charge in [-0.25, -0.2) is 18.7 Å². The van der Waals surface area contributed by atoms with Gasteiger partial charge in [-0.1, -0.05) is 6.92 Å². The standard InChI is InChI=1S/C16H22F2N4O/c1-5-15(3)14(23)21(4)12-9-19-10(2)20-13(12)22(15)11-6-7-16(17,18)8-11/h9,11H,5-8H2,1-4H3/t11?,15-/m1/s1. The van der Waals surface area contributed by atoms with Gasteiger partial charge in [0, 0.05) is 25.9 Å². The van der Waals surface area contributed by atoms with Gasteiger partial charge in [-0.05, 0) is 26.7 Å². The first-order valence-electron chi connectivity index (χ1n) is 7.98. The van der Waals surface area contributed by atoms with Crippen LogP contribution in [0.4, 0.5) is 20.3 Å². The topological polar surface area (TPSA) is 49.3 Å². The number of carbonyl (C=O) groups is 1. The van der Waals surface area contributed by atoms with Crippen molar-refractivity contribution in [2.45, 2.75) is 64.0 Å². The van der Waals surface area contributed by atoms with Crippen LogP contribution in [0, 0.1) is 6.92 Å². The van der Waals surface area contributed by atoms with E-state index in [0.29, 0.717) is 30.2 Å². The first-order valence-corrected chi connectivity index (χ1v) is 7.98. The van der Waals surface area contributed by atoms with E-state index in [1.165, 1.54) is 0 Å². The number of nitrogens with zero attached hydrogens (tertiary/aromatic N) is 4. The Kier molecular flexibility index (Phi) is 3.57. The van der Waals surface area contributed by atoms with Gasteiger partial charge in [0.15, 0.2) is 5.82 Å². The van der Waals surface area contributed by atoms with Crippen LogP contribution >= 0.6 is 0 Å². The number of aryl methyl sites for hydroxylation is 1. The molecule has 2 atom stereocenters. The molecule has 1 fully saturated rings. The second kappa shape index (κ2) is 5.11. The Bertz CT molecular complexity index is 651. The molecule has 3 rings (SSSR count). The maximum atomic E-state index is 13.8. The number of amides is 1. The molecule has 1 amide bonds. The van der Waals surface area contributed by atoms with Crippen molar-refractivity contribution in [1.82, 2.24) is 9.97 Å². The van der Waals surface area contributed by atoms with E-state index in [4.69, 9.17) is 0 Å². The molecule has 0 aromatic carbocycles. The summed E-state index contributed by atoms with van der Waals surface area (Å²) < 4.78 is 27.6. The van der Waals surface area contributed by atoms with Crippen LogP contribution in [-0.2, 0) is 4.79 Å². The lowest BCUT2D eigenvalue weighted by Gasteiger charge is -2.50. The van der Waals surface area contributed by atoms with Crippen molar-refractivity contribution in [3.63, 3.8) is 0 Å². The minimum atomic E-state index is -2.67. The minimum absolute atomic E-state index is 0.102. The van der Waals surface area contributed by atoms with Crippen molar-refractivity contribution in [3.05, 3.63) is 12.0 Å². The second-order valence-electron chi connectivity index (χ2n) is 6.74. The normalized spacial score (nSPS) is 29.8. The van der Waals surface area contributed by atoms with Crippen molar-refractivity contribution in [2.24, 2.45) is 0 Å². The highest BCUT2D eigenvalue weighted by Crippen LogP contribution is 2.46. The summed E-state index contributed by atoms with van der Waals surface area (Å²) in [6, 6.07) is -0.388. The third-order valence-corrected chi connectivity index (χ3v) is 5.19. The predicted octanol–water partition coefficient (Wildman–Crippen LogP) is 2.92. The number of hydrogen-bond donors (Lipinski definition) is 0. The molecule has 1 aromatic heterocycles. The van der Waals surface area contributed by atoms with Gasteiger partial charge >= 0.3 is 0 Å². The van der Waals surface area contributed by atoms with Crippen LogP contribution in [0.25, 0.3) is 0 Å². The molecule has 1 aromatic rings. The molecule has 0 spiro atoms. The van der Waals surface area contributed by atoms with Gasteiger partial charge in [0.1, 0.15) is 17.1 Å². The van der Waals surface area contributed by atoms with Crippen LogP contribution in [0.3, 0.4) is 0 Å². The third kappa shape index (κ3) is 2.37. The molecule has 1 aliphatic carbocycles. The summed E-state index contributed by atoms with van der Waals surface area (Å²) in [5.74, 6) is -1.62. The number of halogens is 2. The highest BCUT2D eigenvalue weighted by molar-refractivity contribution is 6.07. The monoisotopic (exact) mass is 324 g/mol. The molecule has 126 valence electrons. The highest BCUT2D eigenvalue weighted by Gasteiger charge is 2.53. The molecule has 1 unspecified atom stereocenters. The van der Waals surface area contributed by atoms with Gasteiger partial charge in [-0.15, -0.1) is 0 Å². The molecular formula is C16H22F2N4O. The molecular weight excluding hydrogens is 302 g/mol. The fraction of sp³-hybridized carbons (Fsp3) is 0.688. The summed E-state index contributed by atoms with van der Waals surface area (Å²) in [4.78, 5) is 24.9. The first kappa shape index (κ1) is 16.1. The number of anilines is 2. The third-order valence-electron chi connectivity index (χ3n) is 5.19. The van der Waals surface area contributed by atoms with Crippen LogP contribution in [0.5, 0.6) is 0 Å². The Morgan fingerprint density at radius 2 is 2.13 bits per heavy atom. The number of aromatic nitrogens is 2. The number of fused-ring (bicyclic) bond motifs is 1. The van der Waals surface area contributed by atoms with Crippen molar-refractivity contribution < 1.29 is 13.6 Å². The Balaban J connectivity index is 2.15. The summed E-state index contributed by atoms with van der Waals surface area (Å²) >= 11 is 0. The van der Waals surface area contributed by atoms with Gasteiger partial charge < -0.3 is 9.80 Å². The molecule has 23 heavy (non-hydrogen) atoms. The summed E-state index contributed by atoms with van der Waals surface area (Å²) in [5, 5.41) is 0. The van der Waals surface area contributed by atoms with Crippen molar-refractivity contribution in [3.8, 4) is 0 Å². The highest BCUT2D eigenvalue weighted by atomic mass is 19.3. The molecule has 0 bridgehead atoms. The molecule has 5 nitrogen and oxygen atoms in total. The van der Waals surface area contributed by atoms with E-state index in [1.54, 1.807) is 25.1 Å². The zero-order valence-corrected chi connectivity index (χ0v) is 13.9. The molecule has 0 radical (unpaired) electrons. The number of alkyl halides is 2. The van der Waals surface area contributed by atoms with E-state index in [2.05, 4.69) is 9.97 Å². The van der Waals surface area contributed by atoms with Crippen molar-refractivity contribution >= 4 is 17.4 Å². The molecule has 1 saturated carbocycles. The maximum Gasteiger partial charge on any atom is 0.252 e. The van der Waals surface area contributed by atoms with E-state index in [0.717, 1.165) is 0 Å². The van der Waals surface area contributed by atoms with Crippen LogP contribution < -0.4 is 9.80 Å². The Hall–Kier alpha value is -1.79. The van der Waals surface area contributed by atoms with E-state index < -0.39 is 11.5 Å². The summed E-state index contributed by atoms with van der Waals surface area (Å²) in [5.41, 5.74) is -0.282. The van der Waals surface area contributed by atoms with Gasteiger partial charge in [-0.2, -0.15) is 0 Å². The lowest BCUT2D eigenvalue weighted by molar-refractivity contribution is -0.123. The Labute approximate surface area is 134 Å². The zero-order valence-electron chi connectivity index (χ0n) is 13.9. The number of carbonyl (C=O) groups excluding carboxylic acids is 1. The second-order valence-corrected chi connectivity index (χ2v) is 6.74. The van der Waals surface area contributed by atoms with Crippen LogP contribution in [0.2, 0.25) is 0 Å². The number of hydrogen-bond acceptors (Lipinski definition) is 4. The fourth-order valence-electron chi connectivity index (χ4n) is 3.72. The number of rotatable bonds is 2. The molecule has 2 heterocycles. The van der Waals surface area contributed by atoms with E-state index in [9.17, 15) is 13.6 Å². The van der Waals surface area contributed by atoms with Gasteiger partial charge in [-0.3, -0.25) is 4.79 Å². The first-order chi connectivity index (χ1) is 10.7. The molecule has 7 heteroatoms. The minimum Gasteiger partial charge on any atom is -0.337 e. The number of likely N-dealkylation sites (N-methyl/N-ethyl adjacent to an activating group) is 1. The maximum absolute atomic E-state index is 13.8. The van der Waals surface area contributed by atoms with E-state index in [1.807, 2.05) is 18.7 Å². The zero-order chi connectivity index (χ0) is 17.0. The SMILES string of the molecule is CC[C@]1(C)C(=O)N(C)c2cnc(C)nc2N1C1CCC(F)(F)C1. The lowest BCUT2D eigenvalue weighted by Crippen LogP contribution is -2.64. The quantitative estimate of drug-likeness (QED) is 0.839. The molecule has 1 aliphatic heterocycles. The predicted molar refractivity (Wildman–Crippen MR) is 83.9 cm³/mol. The smallest absolute Gasteiger partial charge is 0.252 e. The average Bonchev–Trinajstić information content (AvgIpc) is 2.84. The summed E-state index contributed by atoms with van der Waals surface area (Å²) in [6.45, 7) is 5.50. The molecule has 2 aliphatic rings. The summed E-state index contributed by atoms with van der Waals surface area (Å²) in [6.07, 6.45) is 2.12. The van der Waals surface area contributed by atoms with Crippen molar-refractivity contribution in [1.29, 1.82) is 0 Å². The van der Waals surface area contributed by atoms with Crippen LogP contribution in [-0.4, -0.2) is 40.4 Å². The van der Waals surface area contributed by atoms with E-state index >= 15 is 0 Å². The van der Waals surface area contributed by atoms with Crippen LogP contribution in [0.1, 0.15) is 45.4 Å². The van der Waals surface area contributed by atoms with Gasteiger partial charge in [0.25, 0.3) is 5.91 Å². The largest absolute Gasteiger partial charge is 0.337 e. The van der Waals surface area contributed by atoms with Crippen molar-refractivity contribution in [2.75, 3.05) is 16.8 Å². The average molecular weight is 324 g/mol. The fourth-order valence-corrected chi connectivity index (χ4v) is 3.72.